The largest absolute Gasteiger partial charge is 0.496 e. The van der Waals surface area contributed by atoms with Gasteiger partial charge in [-0.05, 0) is 48.5 Å². The van der Waals surface area contributed by atoms with Gasteiger partial charge in [-0.2, -0.15) is 0 Å². The molecule has 3 aromatic rings. The van der Waals surface area contributed by atoms with Crippen LogP contribution >= 0.6 is 23.2 Å². The number of carbonyl (C=O) groups excluding carboxylic acids is 1. The van der Waals surface area contributed by atoms with Gasteiger partial charge in [-0.15, -0.1) is 0 Å². The van der Waals surface area contributed by atoms with Gasteiger partial charge in [0, 0.05) is 47.9 Å². The summed E-state index contributed by atoms with van der Waals surface area (Å²) in [5.74, 6) is 1.37. The van der Waals surface area contributed by atoms with Gasteiger partial charge in [-0.3, -0.25) is 14.9 Å². The van der Waals surface area contributed by atoms with Crippen LogP contribution in [0.15, 0.2) is 59.0 Å². The number of halogens is 2. The predicted molar refractivity (Wildman–Crippen MR) is 132 cm³/mol. The standard InChI is InChI=1S/C24H21Cl2N3O5/c1-33-20-2-5-21(22(15-20)29(31)32)27-8-10-28(11-9-27)24(30)7-4-19-3-6-23(34-19)16-12-17(25)14-18(26)13-16/h2-7,12-15H,8-11H2,1H3/b7-4+. The van der Waals surface area contributed by atoms with Crippen molar-refractivity contribution in [2.24, 2.45) is 0 Å². The van der Waals surface area contributed by atoms with Crippen LogP contribution in [-0.4, -0.2) is 49.0 Å². The molecule has 1 aliphatic rings. The van der Waals surface area contributed by atoms with Gasteiger partial charge in [-0.1, -0.05) is 23.2 Å². The molecule has 4 rings (SSSR count). The molecule has 0 N–H and O–H groups in total. The summed E-state index contributed by atoms with van der Waals surface area (Å²) in [4.78, 5) is 27.3. The molecule has 8 nitrogen and oxygen atoms in total. The van der Waals surface area contributed by atoms with Crippen LogP contribution in [0.2, 0.25) is 10.0 Å². The van der Waals surface area contributed by atoms with Crippen molar-refractivity contribution in [2.45, 2.75) is 0 Å². The number of benzene rings is 2. The number of furan rings is 1. The predicted octanol–water partition coefficient (Wildman–Crippen LogP) is 5.53. The second-order valence-electron chi connectivity index (χ2n) is 7.62. The number of amides is 1. The Bertz CT molecular complexity index is 1230. The molecule has 1 aromatic heterocycles. The first-order valence-electron chi connectivity index (χ1n) is 10.4. The number of hydrogen-bond acceptors (Lipinski definition) is 6. The zero-order valence-electron chi connectivity index (χ0n) is 18.2. The Kier molecular flexibility index (Phi) is 7.09. The highest BCUT2D eigenvalue weighted by molar-refractivity contribution is 6.35. The monoisotopic (exact) mass is 501 g/mol. The van der Waals surface area contributed by atoms with Crippen LogP contribution in [0.5, 0.6) is 5.75 Å². The van der Waals surface area contributed by atoms with Crippen LogP contribution in [0.25, 0.3) is 17.4 Å². The first-order chi connectivity index (χ1) is 16.3. The zero-order valence-corrected chi connectivity index (χ0v) is 19.8. The maximum absolute atomic E-state index is 12.7. The number of hydrogen-bond donors (Lipinski definition) is 0. The molecule has 1 fully saturated rings. The Morgan fingerprint density at radius 1 is 1.06 bits per heavy atom. The molecule has 2 aromatic carbocycles. The van der Waals surface area contributed by atoms with Crippen molar-refractivity contribution in [3.8, 4) is 17.1 Å². The molecule has 1 saturated heterocycles. The number of nitro benzene ring substituents is 1. The molecule has 0 spiro atoms. The molecular weight excluding hydrogens is 481 g/mol. The second-order valence-corrected chi connectivity index (χ2v) is 8.49. The Morgan fingerprint density at radius 2 is 1.76 bits per heavy atom. The summed E-state index contributed by atoms with van der Waals surface area (Å²) in [6, 6.07) is 13.5. The Labute approximate surface area is 206 Å². The summed E-state index contributed by atoms with van der Waals surface area (Å²) < 4.78 is 10.9. The van der Waals surface area contributed by atoms with Crippen LogP contribution in [0.4, 0.5) is 11.4 Å². The normalized spacial score (nSPS) is 14.0. The molecule has 1 aliphatic heterocycles. The number of nitro groups is 1. The molecule has 1 amide bonds. The third-order valence-corrected chi connectivity index (χ3v) is 5.91. The van der Waals surface area contributed by atoms with E-state index in [0.29, 0.717) is 59.2 Å². The van der Waals surface area contributed by atoms with E-state index < -0.39 is 4.92 Å². The smallest absolute Gasteiger partial charge is 0.296 e. The highest BCUT2D eigenvalue weighted by Gasteiger charge is 2.25. The van der Waals surface area contributed by atoms with Crippen molar-refractivity contribution in [3.05, 3.63) is 80.5 Å². The van der Waals surface area contributed by atoms with E-state index in [9.17, 15) is 14.9 Å². The average Bonchev–Trinajstić information content (AvgIpc) is 3.31. The highest BCUT2D eigenvalue weighted by atomic mass is 35.5. The average molecular weight is 502 g/mol. The molecule has 0 saturated carbocycles. The molecule has 176 valence electrons. The zero-order chi connectivity index (χ0) is 24.2. The van der Waals surface area contributed by atoms with Crippen molar-refractivity contribution in [1.29, 1.82) is 0 Å². The SMILES string of the molecule is COc1ccc(N2CCN(C(=O)/C=C/c3ccc(-c4cc(Cl)cc(Cl)c4)o3)CC2)c([N+](=O)[O-])c1. The van der Waals surface area contributed by atoms with Gasteiger partial charge < -0.3 is 19.0 Å². The number of piperazine rings is 1. The Hall–Kier alpha value is -3.49. The maximum atomic E-state index is 12.7. The first-order valence-corrected chi connectivity index (χ1v) is 11.2. The summed E-state index contributed by atoms with van der Waals surface area (Å²) in [6.07, 6.45) is 3.07. The van der Waals surface area contributed by atoms with Crippen LogP contribution in [0.3, 0.4) is 0 Å². The Balaban J connectivity index is 1.38. The molecule has 34 heavy (non-hydrogen) atoms. The number of carbonyl (C=O) groups is 1. The van der Waals surface area contributed by atoms with E-state index in [1.54, 1.807) is 53.4 Å². The molecule has 0 radical (unpaired) electrons. The maximum Gasteiger partial charge on any atom is 0.296 e. The molecule has 0 aliphatic carbocycles. The van der Waals surface area contributed by atoms with Gasteiger partial charge in [0.1, 0.15) is 23.0 Å². The van der Waals surface area contributed by atoms with Crippen molar-refractivity contribution < 1.29 is 18.9 Å². The van der Waals surface area contributed by atoms with E-state index in [4.69, 9.17) is 32.4 Å². The van der Waals surface area contributed by atoms with Crippen LogP contribution in [-0.2, 0) is 4.79 Å². The summed E-state index contributed by atoms with van der Waals surface area (Å²) in [5, 5.41) is 12.5. The molecule has 0 unspecified atom stereocenters. The summed E-state index contributed by atoms with van der Waals surface area (Å²) in [7, 11) is 1.47. The van der Waals surface area contributed by atoms with Crippen LogP contribution in [0, 0.1) is 10.1 Å². The molecular formula is C24H21Cl2N3O5. The lowest BCUT2D eigenvalue weighted by atomic mass is 10.2. The number of nitrogens with zero attached hydrogens (tertiary/aromatic N) is 3. The number of methoxy groups -OCH3 is 1. The lowest BCUT2D eigenvalue weighted by molar-refractivity contribution is -0.384. The highest BCUT2D eigenvalue weighted by Crippen LogP contribution is 2.33. The van der Waals surface area contributed by atoms with Crippen molar-refractivity contribution in [3.63, 3.8) is 0 Å². The van der Waals surface area contributed by atoms with E-state index in [0.717, 1.165) is 5.56 Å². The van der Waals surface area contributed by atoms with Crippen molar-refractivity contribution in [1.82, 2.24) is 4.90 Å². The van der Waals surface area contributed by atoms with Gasteiger partial charge >= 0.3 is 0 Å². The van der Waals surface area contributed by atoms with Crippen molar-refractivity contribution in [2.75, 3.05) is 38.2 Å². The van der Waals surface area contributed by atoms with Gasteiger partial charge in [0.05, 0.1) is 18.1 Å². The van der Waals surface area contributed by atoms with Crippen molar-refractivity contribution >= 4 is 46.6 Å². The summed E-state index contributed by atoms with van der Waals surface area (Å²) >= 11 is 12.1. The lowest BCUT2D eigenvalue weighted by Crippen LogP contribution is -2.48. The molecule has 2 heterocycles. The fourth-order valence-electron chi connectivity index (χ4n) is 3.76. The van der Waals surface area contributed by atoms with E-state index in [2.05, 4.69) is 0 Å². The van der Waals surface area contributed by atoms with E-state index in [1.807, 2.05) is 4.90 Å². The second kappa shape index (κ2) is 10.2. The summed E-state index contributed by atoms with van der Waals surface area (Å²) in [5.41, 5.74) is 1.23. The van der Waals surface area contributed by atoms with E-state index in [-0.39, 0.29) is 11.6 Å². The quantitative estimate of drug-likeness (QED) is 0.250. The molecule has 0 bridgehead atoms. The van der Waals surface area contributed by atoms with E-state index >= 15 is 0 Å². The van der Waals surface area contributed by atoms with Gasteiger partial charge in [-0.25, -0.2) is 0 Å². The molecule has 0 atom stereocenters. The topological polar surface area (TPSA) is 89.1 Å². The first kappa shape index (κ1) is 23.7. The minimum Gasteiger partial charge on any atom is -0.496 e. The fraction of sp³-hybridized carbons (Fsp3) is 0.208. The third kappa shape index (κ3) is 5.35. The third-order valence-electron chi connectivity index (χ3n) is 5.48. The van der Waals surface area contributed by atoms with Gasteiger partial charge in [0.2, 0.25) is 5.91 Å². The fourth-order valence-corrected chi connectivity index (χ4v) is 4.29. The molecule has 10 heteroatoms. The Morgan fingerprint density at radius 3 is 2.41 bits per heavy atom. The number of ether oxygens (including phenoxy) is 1. The lowest BCUT2D eigenvalue weighted by Gasteiger charge is -2.35. The minimum atomic E-state index is -0.424. The summed E-state index contributed by atoms with van der Waals surface area (Å²) in [6.45, 7) is 1.84. The van der Waals surface area contributed by atoms with Crippen LogP contribution < -0.4 is 9.64 Å². The van der Waals surface area contributed by atoms with Gasteiger partial charge in [0.25, 0.3) is 5.69 Å². The van der Waals surface area contributed by atoms with E-state index in [1.165, 1.54) is 19.3 Å². The minimum absolute atomic E-state index is 0.0198. The number of anilines is 1. The van der Waals surface area contributed by atoms with Crippen LogP contribution in [0.1, 0.15) is 5.76 Å². The number of rotatable bonds is 6. The van der Waals surface area contributed by atoms with Gasteiger partial charge in [0.15, 0.2) is 0 Å².